The number of fused-ring (bicyclic) bond motifs is 1. The molecule has 0 atom stereocenters. The van der Waals surface area contributed by atoms with Gasteiger partial charge in [-0.1, -0.05) is 18.2 Å². The molecule has 134 valence electrons. The fraction of sp³-hybridized carbons (Fsp3) is 0.300. The molecule has 1 aliphatic heterocycles. The lowest BCUT2D eigenvalue weighted by molar-refractivity contribution is 0.313. The second-order valence-electron chi connectivity index (χ2n) is 6.69. The highest BCUT2D eigenvalue weighted by Crippen LogP contribution is 2.32. The molecule has 0 fully saturated rings. The largest absolute Gasteiger partial charge is 0.355 e. The molecular weight excluding hydrogens is 324 g/mol. The van der Waals surface area contributed by atoms with Crippen LogP contribution in [0.25, 0.3) is 0 Å². The third-order valence-corrected chi connectivity index (χ3v) is 4.70. The molecule has 1 aliphatic rings. The fourth-order valence-corrected chi connectivity index (χ4v) is 3.30. The topological polar surface area (TPSA) is 58.0 Å². The minimum Gasteiger partial charge on any atom is -0.355 e. The van der Waals surface area contributed by atoms with E-state index in [0.717, 1.165) is 43.1 Å². The summed E-state index contributed by atoms with van der Waals surface area (Å²) in [6.45, 7) is 4.87. The van der Waals surface area contributed by atoms with Gasteiger partial charge in [0.25, 0.3) is 0 Å². The van der Waals surface area contributed by atoms with Gasteiger partial charge in [0.05, 0.1) is 0 Å². The molecule has 2 N–H and O–H groups in total. The lowest BCUT2D eigenvalue weighted by atomic mass is 9.97. The standard InChI is InChI=1S/C20H24N6/c1-3-26-14-21-20(24-26)23-19-12-17(22-16-7-5-4-6-8-16)11-15-9-10-25(2)13-18(15)19/h4-8,11-12,14,22H,3,9-10,13H2,1-2H3,(H,23,24). The quantitative estimate of drug-likeness (QED) is 0.735. The molecule has 0 saturated carbocycles. The van der Waals surface area contributed by atoms with Gasteiger partial charge in [-0.2, -0.15) is 0 Å². The maximum Gasteiger partial charge on any atom is 0.246 e. The van der Waals surface area contributed by atoms with Crippen molar-refractivity contribution in [2.75, 3.05) is 24.2 Å². The number of benzene rings is 2. The highest BCUT2D eigenvalue weighted by atomic mass is 15.4. The van der Waals surface area contributed by atoms with Crippen molar-refractivity contribution >= 4 is 23.0 Å². The van der Waals surface area contributed by atoms with Crippen LogP contribution in [0.3, 0.4) is 0 Å². The molecular formula is C20H24N6. The Morgan fingerprint density at radius 1 is 1.08 bits per heavy atom. The Balaban J connectivity index is 1.68. The number of nitrogens with one attached hydrogen (secondary N) is 2. The van der Waals surface area contributed by atoms with Gasteiger partial charge in [-0.05, 0) is 55.8 Å². The first-order chi connectivity index (χ1) is 12.7. The molecule has 26 heavy (non-hydrogen) atoms. The highest BCUT2D eigenvalue weighted by Gasteiger charge is 2.19. The predicted molar refractivity (Wildman–Crippen MR) is 105 cm³/mol. The molecule has 0 aliphatic carbocycles. The van der Waals surface area contributed by atoms with Gasteiger partial charge in [0.1, 0.15) is 6.33 Å². The van der Waals surface area contributed by atoms with Crippen molar-refractivity contribution in [3.8, 4) is 0 Å². The summed E-state index contributed by atoms with van der Waals surface area (Å²) in [5, 5.41) is 11.4. The molecule has 0 unspecified atom stereocenters. The first-order valence-electron chi connectivity index (χ1n) is 9.04. The van der Waals surface area contributed by atoms with Gasteiger partial charge < -0.3 is 15.5 Å². The van der Waals surface area contributed by atoms with E-state index in [1.54, 1.807) is 6.33 Å². The van der Waals surface area contributed by atoms with E-state index in [1.165, 1.54) is 11.1 Å². The number of nitrogens with zero attached hydrogens (tertiary/aromatic N) is 4. The van der Waals surface area contributed by atoms with Crippen LogP contribution in [0.5, 0.6) is 0 Å². The molecule has 4 rings (SSSR count). The van der Waals surface area contributed by atoms with Gasteiger partial charge in [-0.25, -0.2) is 4.98 Å². The molecule has 1 aromatic heterocycles. The third kappa shape index (κ3) is 3.55. The number of aromatic nitrogens is 3. The van der Waals surface area contributed by atoms with Crippen LogP contribution in [0.4, 0.5) is 23.0 Å². The minimum absolute atomic E-state index is 0.638. The van der Waals surface area contributed by atoms with Crippen LogP contribution >= 0.6 is 0 Å². The van der Waals surface area contributed by atoms with Crippen LogP contribution in [-0.2, 0) is 19.5 Å². The average molecular weight is 348 g/mol. The van der Waals surface area contributed by atoms with E-state index in [2.05, 4.69) is 63.9 Å². The number of para-hydroxylation sites is 1. The zero-order valence-electron chi connectivity index (χ0n) is 15.2. The summed E-state index contributed by atoms with van der Waals surface area (Å²) >= 11 is 0. The van der Waals surface area contributed by atoms with Gasteiger partial charge in [0.15, 0.2) is 0 Å². The molecule has 2 aromatic carbocycles. The van der Waals surface area contributed by atoms with Crippen molar-refractivity contribution in [1.29, 1.82) is 0 Å². The number of aryl methyl sites for hydroxylation is 1. The van der Waals surface area contributed by atoms with E-state index in [9.17, 15) is 0 Å². The average Bonchev–Trinajstić information content (AvgIpc) is 3.11. The Hall–Kier alpha value is -2.86. The third-order valence-electron chi connectivity index (χ3n) is 4.70. The summed E-state index contributed by atoms with van der Waals surface area (Å²) in [5.74, 6) is 0.638. The van der Waals surface area contributed by atoms with Crippen molar-refractivity contribution in [2.45, 2.75) is 26.4 Å². The van der Waals surface area contributed by atoms with Crippen LogP contribution in [0.15, 0.2) is 48.8 Å². The maximum absolute atomic E-state index is 4.47. The zero-order chi connectivity index (χ0) is 17.9. The summed E-state index contributed by atoms with van der Waals surface area (Å²) in [7, 11) is 2.16. The van der Waals surface area contributed by atoms with Crippen molar-refractivity contribution in [1.82, 2.24) is 19.7 Å². The number of likely N-dealkylation sites (N-methyl/N-ethyl adjacent to an activating group) is 1. The normalized spacial score (nSPS) is 14.1. The van der Waals surface area contributed by atoms with Gasteiger partial charge in [-0.3, -0.25) is 4.68 Å². The SMILES string of the molecule is CCn1cnc(Nc2cc(Nc3ccccc3)cc3c2CN(C)CC3)n1. The van der Waals surface area contributed by atoms with Crippen molar-refractivity contribution in [3.05, 3.63) is 59.9 Å². The van der Waals surface area contributed by atoms with E-state index in [4.69, 9.17) is 0 Å². The van der Waals surface area contributed by atoms with E-state index in [1.807, 2.05) is 22.9 Å². The Kier molecular flexibility index (Phi) is 4.58. The number of hydrogen-bond acceptors (Lipinski definition) is 5. The summed E-state index contributed by atoms with van der Waals surface area (Å²) in [5.41, 5.74) is 5.93. The van der Waals surface area contributed by atoms with Crippen molar-refractivity contribution in [3.63, 3.8) is 0 Å². The molecule has 6 nitrogen and oxygen atoms in total. The summed E-state index contributed by atoms with van der Waals surface area (Å²) in [4.78, 5) is 6.71. The first kappa shape index (κ1) is 16.6. The van der Waals surface area contributed by atoms with E-state index < -0.39 is 0 Å². The van der Waals surface area contributed by atoms with E-state index in [-0.39, 0.29) is 0 Å². The maximum atomic E-state index is 4.47. The number of anilines is 4. The molecule has 2 heterocycles. The Morgan fingerprint density at radius 3 is 2.69 bits per heavy atom. The van der Waals surface area contributed by atoms with Crippen LogP contribution in [0.2, 0.25) is 0 Å². The van der Waals surface area contributed by atoms with Gasteiger partial charge >= 0.3 is 0 Å². The summed E-state index contributed by atoms with van der Waals surface area (Å²) in [6, 6.07) is 14.7. The van der Waals surface area contributed by atoms with E-state index >= 15 is 0 Å². The van der Waals surface area contributed by atoms with E-state index in [0.29, 0.717) is 5.95 Å². The van der Waals surface area contributed by atoms with Gasteiger partial charge in [0.2, 0.25) is 5.95 Å². The highest BCUT2D eigenvalue weighted by molar-refractivity contribution is 5.71. The van der Waals surface area contributed by atoms with Crippen LogP contribution in [-0.4, -0.2) is 33.3 Å². The molecule has 0 bridgehead atoms. The molecule has 0 radical (unpaired) electrons. The molecule has 3 aromatic rings. The van der Waals surface area contributed by atoms with Crippen LogP contribution < -0.4 is 10.6 Å². The monoisotopic (exact) mass is 348 g/mol. The first-order valence-corrected chi connectivity index (χ1v) is 9.04. The molecule has 0 saturated heterocycles. The van der Waals surface area contributed by atoms with Gasteiger partial charge in [-0.15, -0.1) is 5.10 Å². The Labute approximate surface area is 153 Å². The van der Waals surface area contributed by atoms with Crippen molar-refractivity contribution < 1.29 is 0 Å². The van der Waals surface area contributed by atoms with Crippen LogP contribution in [0.1, 0.15) is 18.1 Å². The Morgan fingerprint density at radius 2 is 1.92 bits per heavy atom. The Bertz CT molecular complexity index is 887. The lowest BCUT2D eigenvalue weighted by Gasteiger charge is -2.28. The minimum atomic E-state index is 0.638. The van der Waals surface area contributed by atoms with Crippen molar-refractivity contribution in [2.24, 2.45) is 0 Å². The molecule has 6 heteroatoms. The fourth-order valence-electron chi connectivity index (χ4n) is 3.30. The second-order valence-corrected chi connectivity index (χ2v) is 6.69. The lowest BCUT2D eigenvalue weighted by Crippen LogP contribution is -2.27. The van der Waals surface area contributed by atoms with Gasteiger partial charge in [0, 0.05) is 36.7 Å². The number of hydrogen-bond donors (Lipinski definition) is 2. The zero-order valence-corrected chi connectivity index (χ0v) is 15.2. The summed E-state index contributed by atoms with van der Waals surface area (Å²) in [6.07, 6.45) is 2.80. The molecule has 0 spiro atoms. The smallest absolute Gasteiger partial charge is 0.246 e. The predicted octanol–water partition coefficient (Wildman–Crippen LogP) is 3.77. The molecule has 0 amide bonds. The second kappa shape index (κ2) is 7.17. The number of rotatable bonds is 5. The summed E-state index contributed by atoms with van der Waals surface area (Å²) < 4.78 is 1.83. The van der Waals surface area contributed by atoms with Crippen LogP contribution in [0, 0.1) is 0 Å².